The molecule has 2 heteroatoms. The zero-order valence-electron chi connectivity index (χ0n) is 10.0. The fourth-order valence-electron chi connectivity index (χ4n) is 2.38. The summed E-state index contributed by atoms with van der Waals surface area (Å²) in [5, 5.41) is 0. The second-order valence-electron chi connectivity index (χ2n) is 4.69. The third kappa shape index (κ3) is 2.33. The number of rotatable bonds is 2. The Morgan fingerprint density at radius 3 is 2.62 bits per heavy atom. The zero-order chi connectivity index (χ0) is 11.5. The molecule has 86 valence electrons. The summed E-state index contributed by atoms with van der Waals surface area (Å²) in [5.74, 6) is 0.383. The van der Waals surface area contributed by atoms with Crippen LogP contribution < -0.4 is 0 Å². The maximum absolute atomic E-state index is 11.7. The van der Waals surface area contributed by atoms with E-state index in [0.29, 0.717) is 11.8 Å². The van der Waals surface area contributed by atoms with Gasteiger partial charge in [-0.1, -0.05) is 30.3 Å². The molecule has 0 bridgehead atoms. The molecule has 0 radical (unpaired) electrons. The Labute approximate surface area is 97.3 Å². The lowest BCUT2D eigenvalue weighted by molar-refractivity contribution is -0.128. The average molecular weight is 217 g/mol. The van der Waals surface area contributed by atoms with Gasteiger partial charge in [0.05, 0.1) is 6.04 Å². The Kier molecular flexibility index (Phi) is 3.39. The fraction of sp³-hybridized carbons (Fsp3) is 0.500. The van der Waals surface area contributed by atoms with Crippen molar-refractivity contribution in [3.63, 3.8) is 0 Å². The smallest absolute Gasteiger partial charge is 0.149 e. The maximum atomic E-state index is 11.7. The van der Waals surface area contributed by atoms with Gasteiger partial charge in [-0.15, -0.1) is 0 Å². The number of carbonyl (C=O) groups is 1. The van der Waals surface area contributed by atoms with E-state index in [2.05, 4.69) is 36.1 Å². The van der Waals surface area contributed by atoms with Gasteiger partial charge in [0.2, 0.25) is 0 Å². The second kappa shape index (κ2) is 4.79. The maximum Gasteiger partial charge on any atom is 0.149 e. The van der Waals surface area contributed by atoms with E-state index in [9.17, 15) is 4.79 Å². The van der Waals surface area contributed by atoms with Crippen LogP contribution >= 0.6 is 0 Å². The molecule has 0 saturated carbocycles. The van der Waals surface area contributed by atoms with Crippen LogP contribution in [0.15, 0.2) is 30.3 Å². The highest BCUT2D eigenvalue weighted by atomic mass is 16.1. The van der Waals surface area contributed by atoms with E-state index in [-0.39, 0.29) is 6.04 Å². The van der Waals surface area contributed by atoms with E-state index in [0.717, 1.165) is 19.4 Å². The molecule has 0 N–H and O–H groups in total. The van der Waals surface area contributed by atoms with E-state index in [1.165, 1.54) is 5.56 Å². The van der Waals surface area contributed by atoms with E-state index in [1.807, 2.05) is 13.0 Å². The van der Waals surface area contributed by atoms with Crippen molar-refractivity contribution in [1.82, 2.24) is 4.90 Å². The summed E-state index contributed by atoms with van der Waals surface area (Å²) in [6.45, 7) is 5.13. The molecule has 0 amide bonds. The first-order valence-electron chi connectivity index (χ1n) is 6.01. The molecule has 1 aliphatic rings. The molecular weight excluding hydrogens is 198 g/mol. The molecule has 2 rings (SSSR count). The van der Waals surface area contributed by atoms with E-state index in [1.54, 1.807) is 0 Å². The van der Waals surface area contributed by atoms with Crippen molar-refractivity contribution >= 4 is 5.78 Å². The van der Waals surface area contributed by atoms with E-state index >= 15 is 0 Å². The first-order chi connectivity index (χ1) is 7.68. The van der Waals surface area contributed by atoms with Crippen molar-refractivity contribution in [2.24, 2.45) is 0 Å². The Hall–Kier alpha value is -1.15. The SMILES string of the molecule is CC1CCC(=O)C(C)N1Cc1ccccc1. The van der Waals surface area contributed by atoms with Gasteiger partial charge in [-0.3, -0.25) is 9.69 Å². The average Bonchev–Trinajstić information content (AvgIpc) is 2.31. The highest BCUT2D eigenvalue weighted by molar-refractivity contribution is 5.84. The van der Waals surface area contributed by atoms with Crippen molar-refractivity contribution in [2.45, 2.75) is 45.3 Å². The number of nitrogens with zero attached hydrogens (tertiary/aromatic N) is 1. The van der Waals surface area contributed by atoms with Crippen LogP contribution in [0.25, 0.3) is 0 Å². The van der Waals surface area contributed by atoms with Gasteiger partial charge in [0.15, 0.2) is 0 Å². The van der Waals surface area contributed by atoms with Crippen LogP contribution in [-0.2, 0) is 11.3 Å². The lowest BCUT2D eigenvalue weighted by Gasteiger charge is -2.37. The van der Waals surface area contributed by atoms with E-state index in [4.69, 9.17) is 0 Å². The van der Waals surface area contributed by atoms with Crippen LogP contribution in [0.1, 0.15) is 32.3 Å². The first-order valence-corrected chi connectivity index (χ1v) is 6.01. The van der Waals surface area contributed by atoms with Gasteiger partial charge in [-0.2, -0.15) is 0 Å². The Morgan fingerprint density at radius 2 is 1.94 bits per heavy atom. The summed E-state index contributed by atoms with van der Waals surface area (Å²) in [6.07, 6.45) is 1.74. The van der Waals surface area contributed by atoms with Crippen LogP contribution in [0.4, 0.5) is 0 Å². The van der Waals surface area contributed by atoms with Crippen LogP contribution in [0.5, 0.6) is 0 Å². The number of likely N-dealkylation sites (tertiary alicyclic amines) is 1. The van der Waals surface area contributed by atoms with Gasteiger partial charge in [-0.25, -0.2) is 0 Å². The first kappa shape index (κ1) is 11.3. The highest BCUT2D eigenvalue weighted by Crippen LogP contribution is 2.22. The number of ketones is 1. The van der Waals surface area contributed by atoms with Gasteiger partial charge < -0.3 is 0 Å². The molecule has 16 heavy (non-hydrogen) atoms. The lowest BCUT2D eigenvalue weighted by atomic mass is 9.95. The van der Waals surface area contributed by atoms with Gasteiger partial charge in [0.25, 0.3) is 0 Å². The quantitative estimate of drug-likeness (QED) is 0.759. The number of hydrogen-bond donors (Lipinski definition) is 0. The normalized spacial score (nSPS) is 27.0. The van der Waals surface area contributed by atoms with Gasteiger partial charge in [0, 0.05) is 19.0 Å². The van der Waals surface area contributed by atoms with Crippen LogP contribution in [0.3, 0.4) is 0 Å². The molecule has 0 aromatic heterocycles. The minimum atomic E-state index is 0.0731. The Bertz CT molecular complexity index is 360. The minimum Gasteiger partial charge on any atom is -0.298 e. The molecule has 1 aliphatic heterocycles. The summed E-state index contributed by atoms with van der Waals surface area (Å²) in [7, 11) is 0. The molecule has 1 saturated heterocycles. The summed E-state index contributed by atoms with van der Waals surface area (Å²) in [6, 6.07) is 11.0. The van der Waals surface area contributed by atoms with Crippen molar-refractivity contribution in [3.05, 3.63) is 35.9 Å². The predicted octanol–water partition coefficient (Wildman–Crippen LogP) is 2.63. The molecule has 0 spiro atoms. The summed E-state index contributed by atoms with van der Waals surface area (Å²) < 4.78 is 0. The van der Waals surface area contributed by atoms with Crippen molar-refractivity contribution in [2.75, 3.05) is 0 Å². The summed E-state index contributed by atoms with van der Waals surface area (Å²) in [5.41, 5.74) is 1.29. The van der Waals surface area contributed by atoms with E-state index < -0.39 is 0 Å². The minimum absolute atomic E-state index is 0.0731. The van der Waals surface area contributed by atoms with Crippen molar-refractivity contribution in [1.29, 1.82) is 0 Å². The van der Waals surface area contributed by atoms with Crippen LogP contribution in [0, 0.1) is 0 Å². The molecule has 1 aromatic carbocycles. The number of benzene rings is 1. The van der Waals surface area contributed by atoms with Crippen LogP contribution in [0.2, 0.25) is 0 Å². The third-order valence-corrected chi connectivity index (χ3v) is 3.55. The monoisotopic (exact) mass is 217 g/mol. The molecular formula is C14H19NO. The largest absolute Gasteiger partial charge is 0.298 e. The Morgan fingerprint density at radius 1 is 1.25 bits per heavy atom. The second-order valence-corrected chi connectivity index (χ2v) is 4.69. The number of piperidine rings is 1. The topological polar surface area (TPSA) is 20.3 Å². The summed E-state index contributed by atoms with van der Waals surface area (Å²) >= 11 is 0. The number of hydrogen-bond acceptors (Lipinski definition) is 2. The van der Waals surface area contributed by atoms with Gasteiger partial charge in [-0.05, 0) is 25.8 Å². The van der Waals surface area contributed by atoms with Crippen molar-refractivity contribution < 1.29 is 4.79 Å². The van der Waals surface area contributed by atoms with Gasteiger partial charge in [0.1, 0.15) is 5.78 Å². The predicted molar refractivity (Wildman–Crippen MR) is 65.2 cm³/mol. The van der Waals surface area contributed by atoms with Crippen LogP contribution in [-0.4, -0.2) is 22.8 Å². The third-order valence-electron chi connectivity index (χ3n) is 3.55. The van der Waals surface area contributed by atoms with Gasteiger partial charge >= 0.3 is 0 Å². The van der Waals surface area contributed by atoms with Crippen molar-refractivity contribution in [3.8, 4) is 0 Å². The standard InChI is InChI=1S/C14H19NO/c1-11-8-9-14(16)12(2)15(11)10-13-6-4-3-5-7-13/h3-7,11-12H,8-10H2,1-2H3. The summed E-state index contributed by atoms with van der Waals surface area (Å²) in [4.78, 5) is 14.0. The Balaban J connectivity index is 2.10. The zero-order valence-corrected chi connectivity index (χ0v) is 10.0. The molecule has 2 nitrogen and oxygen atoms in total. The molecule has 1 aromatic rings. The highest BCUT2D eigenvalue weighted by Gasteiger charge is 2.30. The number of Topliss-reactive ketones (excluding diaryl/α,β-unsaturated/α-hetero) is 1. The lowest BCUT2D eigenvalue weighted by Crippen LogP contribution is -2.48. The molecule has 1 fully saturated rings. The molecule has 0 aliphatic carbocycles. The fourth-order valence-corrected chi connectivity index (χ4v) is 2.38. The molecule has 2 unspecified atom stereocenters. The molecule has 1 heterocycles. The number of carbonyl (C=O) groups excluding carboxylic acids is 1. The molecule has 2 atom stereocenters.